The van der Waals surface area contributed by atoms with E-state index < -0.39 is 41.0 Å². The smallest absolute Gasteiger partial charge is 0.408 e. The number of thioether (sulfide) groups is 1. The van der Waals surface area contributed by atoms with E-state index >= 15 is 0 Å². The van der Waals surface area contributed by atoms with Crippen molar-refractivity contribution in [1.82, 2.24) is 15.2 Å². The van der Waals surface area contributed by atoms with Crippen LogP contribution in [0.3, 0.4) is 0 Å². The number of fused-ring (bicyclic) bond motifs is 1. The van der Waals surface area contributed by atoms with Gasteiger partial charge in [-0.3, -0.25) is 19.3 Å². The molecule has 194 valence electrons. The summed E-state index contributed by atoms with van der Waals surface area (Å²) in [6.45, 7) is 6.36. The lowest BCUT2D eigenvalue weighted by molar-refractivity contribution is -0.152. The van der Waals surface area contributed by atoms with Crippen LogP contribution >= 0.6 is 11.8 Å². The van der Waals surface area contributed by atoms with Crippen molar-refractivity contribution in [2.45, 2.75) is 51.1 Å². The first-order valence-electron chi connectivity index (χ1n) is 10.7. The molecule has 1 fully saturated rings. The second-order valence-corrected chi connectivity index (χ2v) is 9.85. The Labute approximate surface area is 207 Å². The summed E-state index contributed by atoms with van der Waals surface area (Å²) in [6.07, 6.45) is 1.26. The van der Waals surface area contributed by atoms with Gasteiger partial charge in [-0.05, 0) is 20.8 Å². The van der Waals surface area contributed by atoms with Gasteiger partial charge in [-0.2, -0.15) is 0 Å². The Kier molecular flexibility index (Phi) is 9.54. The molecular weight excluding hydrogens is 482 g/mol. The molecule has 2 unspecified atom stereocenters. The summed E-state index contributed by atoms with van der Waals surface area (Å²) in [6, 6.07) is -0.881. The molecule has 2 rings (SSSR count). The number of alkyl carbamates (subject to hydrolysis) is 1. The second kappa shape index (κ2) is 11.9. The maximum atomic E-state index is 12.9. The Morgan fingerprint density at radius 3 is 2.57 bits per heavy atom. The highest BCUT2D eigenvalue weighted by atomic mass is 32.2. The number of nitrogens with zero attached hydrogens (tertiary/aromatic N) is 2. The number of hydrogen-bond donors (Lipinski definition) is 3. The summed E-state index contributed by atoms with van der Waals surface area (Å²) >= 11 is 1.31. The zero-order valence-corrected chi connectivity index (χ0v) is 20.9. The van der Waals surface area contributed by atoms with Crippen LogP contribution in [0.25, 0.3) is 0 Å². The molecule has 14 heteroatoms. The minimum Gasteiger partial charge on any atom is -0.461 e. The first kappa shape index (κ1) is 28.0. The van der Waals surface area contributed by atoms with Gasteiger partial charge in [0, 0.05) is 37.4 Å². The molecule has 2 atom stereocenters. The number of aldehydes is 1. The lowest BCUT2D eigenvalue weighted by atomic mass is 10.0. The topological polar surface area (TPSA) is 184 Å². The molecule has 2 aliphatic rings. The number of carbonyl (C=O) groups excluding carboxylic acids is 5. The number of β-lactam (4-membered cyclic amide) rings is 1. The van der Waals surface area contributed by atoms with Gasteiger partial charge in [-0.15, -0.1) is 11.8 Å². The Bertz CT molecular complexity index is 929. The molecule has 0 radical (unpaired) electrons. The first-order chi connectivity index (χ1) is 16.3. The van der Waals surface area contributed by atoms with Crippen LogP contribution in [-0.2, 0) is 33.4 Å². The summed E-state index contributed by atoms with van der Waals surface area (Å²) in [5.41, 5.74) is 4.98. The Balaban J connectivity index is 2.07. The Hall–Kier alpha value is -3.26. The van der Waals surface area contributed by atoms with Gasteiger partial charge in [-0.25, -0.2) is 15.4 Å². The molecule has 2 aliphatic heterocycles. The number of hydrazine groups is 1. The van der Waals surface area contributed by atoms with Gasteiger partial charge < -0.3 is 30.3 Å². The highest BCUT2D eigenvalue weighted by Crippen LogP contribution is 2.40. The maximum Gasteiger partial charge on any atom is 0.408 e. The fourth-order valence-corrected chi connectivity index (χ4v) is 4.50. The van der Waals surface area contributed by atoms with Crippen molar-refractivity contribution in [2.75, 3.05) is 25.5 Å². The average Bonchev–Trinajstić information content (AvgIpc) is 2.76. The third kappa shape index (κ3) is 7.89. The molecule has 0 aromatic carbocycles. The number of carbonyl (C=O) groups is 5. The van der Waals surface area contributed by atoms with Crippen LogP contribution in [0.2, 0.25) is 0 Å². The molecule has 0 aromatic heterocycles. The highest BCUT2D eigenvalue weighted by Gasteiger charge is 2.54. The average molecular weight is 514 g/mol. The van der Waals surface area contributed by atoms with E-state index in [1.165, 1.54) is 34.8 Å². The van der Waals surface area contributed by atoms with Crippen LogP contribution in [0.4, 0.5) is 4.79 Å². The fraction of sp³-hybridized carbons (Fsp3) is 0.571. The molecule has 1 saturated heterocycles. The number of esters is 2. The molecule has 2 amide bonds. The van der Waals surface area contributed by atoms with Gasteiger partial charge in [0.1, 0.15) is 29.3 Å². The number of allylic oxidation sites excluding steroid dienone is 1. The minimum atomic E-state index is -0.881. The van der Waals surface area contributed by atoms with Crippen molar-refractivity contribution in [3.8, 4) is 0 Å². The van der Waals surface area contributed by atoms with Crippen LogP contribution in [-0.4, -0.2) is 82.7 Å². The van der Waals surface area contributed by atoms with Crippen molar-refractivity contribution >= 4 is 42.0 Å². The summed E-state index contributed by atoms with van der Waals surface area (Å²) < 4.78 is 15.6. The third-order valence-electron chi connectivity index (χ3n) is 4.61. The molecule has 0 spiro atoms. The lowest BCUT2D eigenvalue weighted by Gasteiger charge is -2.49. The van der Waals surface area contributed by atoms with E-state index in [-0.39, 0.29) is 36.9 Å². The van der Waals surface area contributed by atoms with Crippen molar-refractivity contribution < 1.29 is 38.2 Å². The summed E-state index contributed by atoms with van der Waals surface area (Å²) in [4.78, 5) is 61.0. The largest absolute Gasteiger partial charge is 0.461 e. The van der Waals surface area contributed by atoms with E-state index in [1.54, 1.807) is 20.8 Å². The monoisotopic (exact) mass is 513 g/mol. The van der Waals surface area contributed by atoms with Gasteiger partial charge in [0.15, 0.2) is 6.29 Å². The molecule has 13 nitrogen and oxygen atoms in total. The normalized spacial score (nSPS) is 19.9. The lowest BCUT2D eigenvalue weighted by Crippen LogP contribution is -2.70. The predicted octanol–water partition coefficient (Wildman–Crippen LogP) is -0.280. The van der Waals surface area contributed by atoms with E-state index in [2.05, 4.69) is 5.32 Å². The van der Waals surface area contributed by atoms with E-state index in [9.17, 15) is 24.0 Å². The quantitative estimate of drug-likeness (QED) is 0.0508. The number of hydrogen-bond acceptors (Lipinski definition) is 12. The molecule has 0 bridgehead atoms. The summed E-state index contributed by atoms with van der Waals surface area (Å²) in [5, 5.41) is 3.17. The van der Waals surface area contributed by atoms with Crippen LogP contribution in [0.1, 0.15) is 34.1 Å². The summed E-state index contributed by atoms with van der Waals surface area (Å²) in [5.74, 6) is 4.14. The zero-order chi connectivity index (χ0) is 26.3. The van der Waals surface area contributed by atoms with Crippen molar-refractivity contribution in [3.05, 3.63) is 23.2 Å². The molecule has 35 heavy (non-hydrogen) atoms. The van der Waals surface area contributed by atoms with Crippen molar-refractivity contribution in [1.29, 1.82) is 0 Å². The molecule has 2 heterocycles. The van der Waals surface area contributed by atoms with E-state index in [0.717, 1.165) is 0 Å². The van der Waals surface area contributed by atoms with Gasteiger partial charge >= 0.3 is 18.0 Å². The molecule has 0 aromatic rings. The summed E-state index contributed by atoms with van der Waals surface area (Å²) in [7, 11) is 0. The first-order valence-corrected chi connectivity index (χ1v) is 11.8. The van der Waals surface area contributed by atoms with E-state index in [0.29, 0.717) is 18.3 Å². The maximum absolute atomic E-state index is 12.9. The van der Waals surface area contributed by atoms with Crippen LogP contribution in [0, 0.1) is 0 Å². The van der Waals surface area contributed by atoms with E-state index in [1.807, 2.05) is 0 Å². The second-order valence-electron chi connectivity index (χ2n) is 8.74. The molecule has 0 saturated carbocycles. The number of ether oxygens (including phenoxy) is 3. The van der Waals surface area contributed by atoms with E-state index in [4.69, 9.17) is 25.8 Å². The van der Waals surface area contributed by atoms with Crippen LogP contribution in [0.5, 0.6) is 0 Å². The standard InChI is InChI=1S/C21H31N5O8S/c1-12(28)33-10-13-11-35-18-15(24-20(31)34-21(2,3)4)17(29)26(18)16(13)19(30)32-7-5-6-25(23)8-14(22)9-27/h8-9,15,18H,5-7,10-11,22-23H2,1-4H3,(H,24,31)/b14-8-. The number of amides is 2. The molecule has 5 N–H and O–H groups in total. The van der Waals surface area contributed by atoms with Crippen LogP contribution < -0.4 is 16.9 Å². The van der Waals surface area contributed by atoms with Gasteiger partial charge in [0.05, 0.1) is 12.3 Å². The molecular formula is C21H31N5O8S. The fourth-order valence-electron chi connectivity index (χ4n) is 3.17. The number of nitrogens with two attached hydrogens (primary N) is 2. The zero-order valence-electron chi connectivity index (χ0n) is 20.1. The SMILES string of the molecule is CC(=O)OCC1=C(C(=O)OCCCN(N)/C=C(\N)C=O)N2C(=O)C(NC(=O)OC(C)(C)C)C2SC1. The number of rotatable bonds is 10. The van der Waals surface area contributed by atoms with Crippen LogP contribution in [0.15, 0.2) is 23.2 Å². The third-order valence-corrected chi connectivity index (χ3v) is 5.95. The number of nitrogens with one attached hydrogen (secondary N) is 1. The van der Waals surface area contributed by atoms with Gasteiger partial charge in [0.25, 0.3) is 5.91 Å². The van der Waals surface area contributed by atoms with Gasteiger partial charge in [-0.1, -0.05) is 0 Å². The highest BCUT2D eigenvalue weighted by molar-refractivity contribution is 8.00. The Morgan fingerprint density at radius 2 is 1.97 bits per heavy atom. The van der Waals surface area contributed by atoms with Crippen molar-refractivity contribution in [3.63, 3.8) is 0 Å². The van der Waals surface area contributed by atoms with Crippen molar-refractivity contribution in [2.24, 2.45) is 11.6 Å². The van der Waals surface area contributed by atoms with Gasteiger partial charge in [0.2, 0.25) is 0 Å². The predicted molar refractivity (Wildman–Crippen MR) is 125 cm³/mol. The Morgan fingerprint density at radius 1 is 1.29 bits per heavy atom. The molecule has 0 aliphatic carbocycles. The minimum absolute atomic E-state index is 0.0167.